The summed E-state index contributed by atoms with van der Waals surface area (Å²) in [6.45, 7) is 3.54. The number of carboxylic acids is 1. The van der Waals surface area contributed by atoms with E-state index in [1.54, 1.807) is 0 Å². The van der Waals surface area contributed by atoms with Crippen LogP contribution in [0, 0.1) is 0 Å². The molecule has 2 atom stereocenters. The van der Waals surface area contributed by atoms with Crippen molar-refractivity contribution in [2.24, 2.45) is 0 Å². The Hall–Kier alpha value is -6.98. The van der Waals surface area contributed by atoms with Crippen molar-refractivity contribution < 1.29 is 71.9 Å². The summed E-state index contributed by atoms with van der Waals surface area (Å²) in [6.07, 6.45) is -4.96. The van der Waals surface area contributed by atoms with Crippen LogP contribution in [0.1, 0.15) is 51.8 Å². The average Bonchev–Trinajstić information content (AvgIpc) is 3.08. The zero-order valence-electron chi connectivity index (χ0n) is 27.6. The number of hydrogen-bond acceptors (Lipinski definition) is 14. The first-order valence-electron chi connectivity index (χ1n) is 14.5. The van der Waals surface area contributed by atoms with Gasteiger partial charge in [-0.3, -0.25) is 34.8 Å². The number of benzene rings is 3. The highest BCUT2D eigenvalue weighted by Crippen LogP contribution is 2.30. The molecule has 0 spiro atoms. The summed E-state index contributed by atoms with van der Waals surface area (Å²) in [5, 5.41) is 12.6. The Kier molecular flexibility index (Phi) is 13.1. The van der Waals surface area contributed by atoms with Gasteiger partial charge >= 0.3 is 29.8 Å². The summed E-state index contributed by atoms with van der Waals surface area (Å²) in [4.78, 5) is 99.0. The molecule has 18 heteroatoms. The minimum absolute atomic E-state index is 0.00901. The van der Waals surface area contributed by atoms with Gasteiger partial charge < -0.3 is 38.8 Å². The smallest absolute Gasteiger partial charge is 0.349 e. The number of ether oxygens (including phenoxy) is 6. The number of carbonyl (C=O) groups is 8. The molecule has 0 fully saturated rings. The molecular weight excluding hydrogens is 678 g/mol. The van der Waals surface area contributed by atoms with Gasteiger partial charge in [-0.05, 0) is 60.7 Å². The molecule has 4 N–H and O–H groups in total. The van der Waals surface area contributed by atoms with E-state index in [0.717, 1.165) is 38.1 Å². The average molecular weight is 710 g/mol. The number of rotatable bonds is 13. The fourth-order valence-corrected chi connectivity index (χ4v) is 4.10. The Morgan fingerprint density at radius 2 is 1.04 bits per heavy atom. The molecule has 3 aromatic rings. The first kappa shape index (κ1) is 38.5. The number of carbonyl (C=O) groups excluding carboxylic acids is 7. The molecule has 0 aliphatic heterocycles. The van der Waals surface area contributed by atoms with Gasteiger partial charge in [-0.25, -0.2) is 14.4 Å². The molecule has 0 aliphatic rings. The lowest BCUT2D eigenvalue weighted by Crippen LogP contribution is -2.54. The van der Waals surface area contributed by atoms with E-state index in [2.05, 4.69) is 5.32 Å². The van der Waals surface area contributed by atoms with E-state index in [9.17, 15) is 43.5 Å². The van der Waals surface area contributed by atoms with E-state index in [1.165, 1.54) is 57.5 Å². The number of hydrogen-bond donors (Lipinski definition) is 4. The van der Waals surface area contributed by atoms with Crippen LogP contribution < -0.4 is 35.1 Å². The fourth-order valence-electron chi connectivity index (χ4n) is 4.10. The molecule has 0 bridgehead atoms. The largest absolute Gasteiger partial charge is 0.493 e. The SMILES string of the molecule is COc1cc(C(=O)O[C@H](C(=O)NNC(=O)c2ccc(NC(C)=O)cc2)[C@@H](OC(=O)c2ccc(OC(C)=O)c(OC)c2)C(=O)O)ccc1OC(C)=O. The summed E-state index contributed by atoms with van der Waals surface area (Å²) in [5.74, 6) is -9.06. The standard InChI is InChI=1S/C33H31N3O15/c1-16(37)34-22-10-6-19(7-11-22)29(40)35-36-30(41)27(50-32(44)20-8-12-23(48-17(2)38)25(14-20)46-4)28(31(42)43)51-33(45)21-9-13-24(49-18(3)39)26(15-21)47-5/h6-15,27-28H,1-5H3,(H,34,37)(H,35,40)(H,36,41)(H,42,43)/t27-,28+/m0/s1. The number of esters is 4. The minimum Gasteiger partial charge on any atom is -0.493 e. The van der Waals surface area contributed by atoms with Crippen LogP contribution in [0.3, 0.4) is 0 Å². The van der Waals surface area contributed by atoms with Crippen LogP contribution in [0.15, 0.2) is 60.7 Å². The van der Waals surface area contributed by atoms with Gasteiger partial charge in [0.15, 0.2) is 23.0 Å². The number of aliphatic carboxylic acids is 1. The highest BCUT2D eigenvalue weighted by atomic mass is 16.6. The number of carboxylic acid groups (broad SMARTS) is 1. The van der Waals surface area contributed by atoms with Crippen molar-refractivity contribution in [3.05, 3.63) is 77.4 Å². The van der Waals surface area contributed by atoms with Crippen molar-refractivity contribution in [2.45, 2.75) is 33.0 Å². The number of nitrogens with one attached hydrogen (secondary N) is 3. The van der Waals surface area contributed by atoms with Crippen molar-refractivity contribution in [3.8, 4) is 23.0 Å². The van der Waals surface area contributed by atoms with Crippen LogP contribution in [-0.2, 0) is 33.4 Å². The molecule has 0 saturated carbocycles. The van der Waals surface area contributed by atoms with E-state index in [-0.39, 0.29) is 45.6 Å². The van der Waals surface area contributed by atoms with Crippen LogP contribution in [-0.4, -0.2) is 79.1 Å². The zero-order chi connectivity index (χ0) is 37.8. The normalized spacial score (nSPS) is 11.4. The van der Waals surface area contributed by atoms with Crippen LogP contribution in [0.25, 0.3) is 0 Å². The number of hydrazine groups is 1. The lowest BCUT2D eigenvalue weighted by atomic mass is 10.1. The molecule has 0 unspecified atom stereocenters. The third-order valence-corrected chi connectivity index (χ3v) is 6.32. The Morgan fingerprint density at radius 1 is 0.588 bits per heavy atom. The molecule has 0 saturated heterocycles. The fraction of sp³-hybridized carbons (Fsp3) is 0.212. The summed E-state index contributed by atoms with van der Waals surface area (Å²) in [5.41, 5.74) is 3.71. The quantitative estimate of drug-likeness (QED) is 0.112. The molecule has 268 valence electrons. The van der Waals surface area contributed by atoms with Gasteiger partial charge in [-0.2, -0.15) is 0 Å². The van der Waals surface area contributed by atoms with Gasteiger partial charge in [0.1, 0.15) is 0 Å². The van der Waals surface area contributed by atoms with E-state index < -0.39 is 53.9 Å². The maximum absolute atomic E-state index is 13.4. The maximum Gasteiger partial charge on any atom is 0.349 e. The molecule has 3 aromatic carbocycles. The van der Waals surface area contributed by atoms with Crippen LogP contribution in [0.4, 0.5) is 5.69 Å². The van der Waals surface area contributed by atoms with E-state index in [0.29, 0.717) is 5.69 Å². The van der Waals surface area contributed by atoms with Gasteiger partial charge in [-0.15, -0.1) is 0 Å². The second kappa shape index (κ2) is 17.4. The van der Waals surface area contributed by atoms with Crippen molar-refractivity contribution in [1.29, 1.82) is 0 Å². The minimum atomic E-state index is -2.52. The molecule has 3 amide bonds. The van der Waals surface area contributed by atoms with Crippen molar-refractivity contribution in [1.82, 2.24) is 10.9 Å². The number of amides is 3. The van der Waals surface area contributed by atoms with Crippen LogP contribution in [0.2, 0.25) is 0 Å². The van der Waals surface area contributed by atoms with Crippen molar-refractivity contribution in [3.63, 3.8) is 0 Å². The molecular formula is C33H31N3O15. The Morgan fingerprint density at radius 3 is 1.45 bits per heavy atom. The molecule has 51 heavy (non-hydrogen) atoms. The molecule has 0 heterocycles. The second-order valence-electron chi connectivity index (χ2n) is 10.1. The number of methoxy groups -OCH3 is 2. The third kappa shape index (κ3) is 10.8. The van der Waals surface area contributed by atoms with Crippen molar-refractivity contribution in [2.75, 3.05) is 19.5 Å². The van der Waals surface area contributed by atoms with Crippen LogP contribution in [0.5, 0.6) is 23.0 Å². The topological polar surface area (TPSA) is 248 Å². The van der Waals surface area contributed by atoms with Gasteiger partial charge in [-0.1, -0.05) is 0 Å². The molecule has 18 nitrogen and oxygen atoms in total. The van der Waals surface area contributed by atoms with Crippen LogP contribution >= 0.6 is 0 Å². The van der Waals surface area contributed by atoms with E-state index in [4.69, 9.17) is 28.4 Å². The summed E-state index contributed by atoms with van der Waals surface area (Å²) < 4.78 is 30.6. The lowest BCUT2D eigenvalue weighted by Gasteiger charge is -2.24. The Bertz CT molecular complexity index is 1860. The number of anilines is 1. The van der Waals surface area contributed by atoms with Gasteiger partial charge in [0.25, 0.3) is 11.8 Å². The van der Waals surface area contributed by atoms with E-state index in [1.807, 2.05) is 10.9 Å². The summed E-state index contributed by atoms with van der Waals surface area (Å²) in [6, 6.07) is 12.1. The second-order valence-corrected chi connectivity index (χ2v) is 10.1. The van der Waals surface area contributed by atoms with Crippen molar-refractivity contribution >= 4 is 53.3 Å². The summed E-state index contributed by atoms with van der Waals surface area (Å²) >= 11 is 0. The molecule has 0 aliphatic carbocycles. The predicted molar refractivity (Wildman–Crippen MR) is 171 cm³/mol. The van der Waals surface area contributed by atoms with Gasteiger partial charge in [0.05, 0.1) is 25.3 Å². The molecule has 3 rings (SSSR count). The summed E-state index contributed by atoms with van der Waals surface area (Å²) in [7, 11) is 2.41. The third-order valence-electron chi connectivity index (χ3n) is 6.32. The Balaban J connectivity index is 1.93. The zero-order valence-corrected chi connectivity index (χ0v) is 27.6. The Labute approximate surface area is 288 Å². The van der Waals surface area contributed by atoms with Gasteiger partial charge in [0, 0.05) is 32.0 Å². The highest BCUT2D eigenvalue weighted by Gasteiger charge is 2.41. The van der Waals surface area contributed by atoms with E-state index >= 15 is 0 Å². The molecule has 0 radical (unpaired) electrons. The highest BCUT2D eigenvalue weighted by molar-refractivity contribution is 6.00. The maximum atomic E-state index is 13.4. The first-order valence-corrected chi connectivity index (χ1v) is 14.5. The molecule has 0 aromatic heterocycles. The van der Waals surface area contributed by atoms with Gasteiger partial charge in [0.2, 0.25) is 18.1 Å². The lowest BCUT2D eigenvalue weighted by molar-refractivity contribution is -0.159. The monoisotopic (exact) mass is 709 g/mol. The predicted octanol–water partition coefficient (Wildman–Crippen LogP) is 1.81. The first-order chi connectivity index (χ1) is 24.1.